The third-order valence-corrected chi connectivity index (χ3v) is 4.04. The summed E-state index contributed by atoms with van der Waals surface area (Å²) in [6, 6.07) is 11.9. The van der Waals surface area contributed by atoms with Crippen molar-refractivity contribution in [1.82, 2.24) is 5.32 Å². The standard InChI is InChI=1S/C19H22Cl2N2O3/c1-12(2)22-10-16(24)11-26-18-8-3-13(9-17(18)21)19(25)23-15-6-4-14(20)5-7-15/h3-9,12,16,22,24H,10-11H2,1-2H3,(H,23,25). The summed E-state index contributed by atoms with van der Waals surface area (Å²) in [6.45, 7) is 4.53. The summed E-state index contributed by atoms with van der Waals surface area (Å²) in [6.07, 6.45) is -0.652. The van der Waals surface area contributed by atoms with E-state index in [1.54, 1.807) is 36.4 Å². The minimum absolute atomic E-state index is 0.107. The van der Waals surface area contributed by atoms with Gasteiger partial charge in [0.2, 0.25) is 0 Å². The van der Waals surface area contributed by atoms with Crippen molar-refractivity contribution in [3.05, 3.63) is 58.1 Å². The highest BCUT2D eigenvalue weighted by Gasteiger charge is 2.12. The van der Waals surface area contributed by atoms with Crippen LogP contribution in [0.1, 0.15) is 24.2 Å². The molecule has 2 aromatic rings. The third kappa shape index (κ3) is 6.50. The van der Waals surface area contributed by atoms with E-state index < -0.39 is 6.10 Å². The molecule has 5 nitrogen and oxygen atoms in total. The molecule has 0 spiro atoms. The minimum atomic E-state index is -0.652. The van der Waals surface area contributed by atoms with Crippen molar-refractivity contribution in [3.63, 3.8) is 0 Å². The molecule has 0 bridgehead atoms. The smallest absolute Gasteiger partial charge is 0.255 e. The van der Waals surface area contributed by atoms with Gasteiger partial charge in [-0.2, -0.15) is 0 Å². The normalized spacial score (nSPS) is 12.1. The number of nitrogens with one attached hydrogen (secondary N) is 2. The molecule has 0 aliphatic carbocycles. The highest BCUT2D eigenvalue weighted by Crippen LogP contribution is 2.26. The Morgan fingerprint density at radius 3 is 2.46 bits per heavy atom. The molecule has 0 aliphatic rings. The molecule has 0 saturated carbocycles. The van der Waals surface area contributed by atoms with Crippen molar-refractivity contribution in [3.8, 4) is 5.75 Å². The van der Waals surface area contributed by atoms with E-state index in [9.17, 15) is 9.90 Å². The number of aliphatic hydroxyl groups excluding tert-OH is 1. The van der Waals surface area contributed by atoms with Crippen molar-refractivity contribution in [2.75, 3.05) is 18.5 Å². The predicted octanol–water partition coefficient (Wildman–Crippen LogP) is 3.98. The number of hydrogen-bond donors (Lipinski definition) is 3. The molecular weight excluding hydrogens is 375 g/mol. The van der Waals surface area contributed by atoms with Crippen LogP contribution in [-0.2, 0) is 0 Å². The van der Waals surface area contributed by atoms with Crippen LogP contribution in [0.15, 0.2) is 42.5 Å². The monoisotopic (exact) mass is 396 g/mol. The zero-order valence-corrected chi connectivity index (χ0v) is 16.1. The number of carbonyl (C=O) groups excluding carboxylic acids is 1. The Morgan fingerprint density at radius 1 is 1.15 bits per heavy atom. The molecule has 26 heavy (non-hydrogen) atoms. The van der Waals surface area contributed by atoms with Gasteiger partial charge in [-0.05, 0) is 42.5 Å². The van der Waals surface area contributed by atoms with E-state index in [0.717, 1.165) is 0 Å². The van der Waals surface area contributed by atoms with Gasteiger partial charge in [0.1, 0.15) is 18.5 Å². The van der Waals surface area contributed by atoms with Crippen LogP contribution in [0, 0.1) is 0 Å². The van der Waals surface area contributed by atoms with Crippen molar-refractivity contribution < 1.29 is 14.6 Å². The Kier molecular flexibility index (Phi) is 7.72. The Morgan fingerprint density at radius 2 is 1.85 bits per heavy atom. The van der Waals surface area contributed by atoms with Gasteiger partial charge in [0.25, 0.3) is 5.91 Å². The highest BCUT2D eigenvalue weighted by atomic mass is 35.5. The van der Waals surface area contributed by atoms with Crippen molar-refractivity contribution in [2.24, 2.45) is 0 Å². The van der Waals surface area contributed by atoms with Gasteiger partial charge in [0.05, 0.1) is 5.02 Å². The van der Waals surface area contributed by atoms with Crippen LogP contribution in [0.3, 0.4) is 0 Å². The van der Waals surface area contributed by atoms with Crippen LogP contribution < -0.4 is 15.4 Å². The zero-order valence-electron chi connectivity index (χ0n) is 14.6. The first-order valence-electron chi connectivity index (χ1n) is 8.26. The van der Waals surface area contributed by atoms with Crippen LogP contribution >= 0.6 is 23.2 Å². The van der Waals surface area contributed by atoms with Crippen LogP contribution in [0.4, 0.5) is 5.69 Å². The molecule has 0 saturated heterocycles. The lowest BCUT2D eigenvalue weighted by Gasteiger charge is -2.16. The van der Waals surface area contributed by atoms with E-state index in [4.69, 9.17) is 27.9 Å². The molecule has 140 valence electrons. The van der Waals surface area contributed by atoms with Gasteiger partial charge in [-0.3, -0.25) is 4.79 Å². The molecule has 0 aliphatic heterocycles. The quantitative estimate of drug-likeness (QED) is 0.630. The minimum Gasteiger partial charge on any atom is -0.489 e. The summed E-state index contributed by atoms with van der Waals surface area (Å²) in [7, 11) is 0. The molecule has 0 fully saturated rings. The molecule has 0 aromatic heterocycles. The lowest BCUT2D eigenvalue weighted by Crippen LogP contribution is -2.35. The third-order valence-electron chi connectivity index (χ3n) is 3.49. The molecule has 1 amide bonds. The second kappa shape index (κ2) is 9.78. The van der Waals surface area contributed by atoms with Crippen LogP contribution in [0.25, 0.3) is 0 Å². The summed E-state index contributed by atoms with van der Waals surface area (Å²) in [4.78, 5) is 12.3. The lowest BCUT2D eigenvalue weighted by molar-refractivity contribution is 0.102. The van der Waals surface area contributed by atoms with Crippen LogP contribution in [0.2, 0.25) is 10.0 Å². The molecular formula is C19H22Cl2N2O3. The van der Waals surface area contributed by atoms with Gasteiger partial charge < -0.3 is 20.5 Å². The van der Waals surface area contributed by atoms with Crippen molar-refractivity contribution in [1.29, 1.82) is 0 Å². The number of anilines is 1. The van der Waals surface area contributed by atoms with Gasteiger partial charge in [0, 0.05) is 28.9 Å². The summed E-state index contributed by atoms with van der Waals surface area (Å²) in [5, 5.41) is 16.7. The molecule has 2 aromatic carbocycles. The van der Waals surface area contributed by atoms with Crippen LogP contribution in [-0.4, -0.2) is 36.3 Å². The molecule has 3 N–H and O–H groups in total. The number of carbonyl (C=O) groups is 1. The summed E-state index contributed by atoms with van der Waals surface area (Å²) in [5.74, 6) is 0.125. The van der Waals surface area contributed by atoms with Crippen LogP contribution in [0.5, 0.6) is 5.75 Å². The molecule has 2 rings (SSSR count). The van der Waals surface area contributed by atoms with E-state index >= 15 is 0 Å². The Labute approximate surface area is 163 Å². The first kappa shape index (κ1) is 20.5. The van der Waals surface area contributed by atoms with Gasteiger partial charge >= 0.3 is 0 Å². The SMILES string of the molecule is CC(C)NCC(O)COc1ccc(C(=O)Nc2ccc(Cl)cc2)cc1Cl. The zero-order chi connectivity index (χ0) is 19.1. The topological polar surface area (TPSA) is 70.6 Å². The lowest BCUT2D eigenvalue weighted by atomic mass is 10.2. The summed E-state index contributed by atoms with van der Waals surface area (Å²) in [5.41, 5.74) is 1.04. The summed E-state index contributed by atoms with van der Waals surface area (Å²) >= 11 is 12.0. The second-order valence-corrected chi connectivity index (χ2v) is 6.98. The van der Waals surface area contributed by atoms with E-state index in [1.807, 2.05) is 13.8 Å². The number of hydrogen-bond acceptors (Lipinski definition) is 4. The number of rotatable bonds is 8. The van der Waals surface area contributed by atoms with Gasteiger partial charge in [-0.15, -0.1) is 0 Å². The highest BCUT2D eigenvalue weighted by molar-refractivity contribution is 6.32. The number of amides is 1. The fraction of sp³-hybridized carbons (Fsp3) is 0.316. The fourth-order valence-electron chi connectivity index (χ4n) is 2.11. The Bertz CT molecular complexity index is 736. The predicted molar refractivity (Wildman–Crippen MR) is 105 cm³/mol. The molecule has 0 radical (unpaired) electrons. The molecule has 7 heteroatoms. The molecule has 0 heterocycles. The second-order valence-electron chi connectivity index (χ2n) is 6.13. The maximum Gasteiger partial charge on any atom is 0.255 e. The van der Waals surface area contributed by atoms with Crippen molar-refractivity contribution >= 4 is 34.8 Å². The van der Waals surface area contributed by atoms with E-state index in [1.165, 1.54) is 6.07 Å². The number of benzene rings is 2. The Balaban J connectivity index is 1.93. The van der Waals surface area contributed by atoms with Gasteiger partial charge in [-0.1, -0.05) is 37.0 Å². The number of aliphatic hydroxyl groups is 1. The largest absolute Gasteiger partial charge is 0.489 e. The summed E-state index contributed by atoms with van der Waals surface area (Å²) < 4.78 is 5.53. The average molecular weight is 397 g/mol. The Hall–Kier alpha value is -1.79. The first-order valence-corrected chi connectivity index (χ1v) is 9.01. The van der Waals surface area contributed by atoms with Crippen molar-refractivity contribution in [2.45, 2.75) is 26.0 Å². The average Bonchev–Trinajstić information content (AvgIpc) is 2.60. The van der Waals surface area contributed by atoms with E-state index in [-0.39, 0.29) is 18.6 Å². The molecule has 1 unspecified atom stereocenters. The van der Waals surface area contributed by atoms with E-state index in [0.29, 0.717) is 33.6 Å². The maximum absolute atomic E-state index is 12.3. The van der Waals surface area contributed by atoms with Gasteiger partial charge in [-0.25, -0.2) is 0 Å². The number of halogens is 2. The fourth-order valence-corrected chi connectivity index (χ4v) is 2.47. The molecule has 1 atom stereocenters. The maximum atomic E-state index is 12.3. The first-order chi connectivity index (χ1) is 12.3. The van der Waals surface area contributed by atoms with Gasteiger partial charge in [0.15, 0.2) is 0 Å². The van der Waals surface area contributed by atoms with E-state index in [2.05, 4.69) is 10.6 Å². The number of ether oxygens (including phenoxy) is 1.